The van der Waals surface area contributed by atoms with Gasteiger partial charge in [-0.15, -0.1) is 0 Å². The predicted octanol–water partition coefficient (Wildman–Crippen LogP) is 2.54. The van der Waals surface area contributed by atoms with Gasteiger partial charge in [-0.05, 0) is 25.0 Å². The molecule has 74 valence electrons. The molecule has 0 amide bonds. The third-order valence-electron chi connectivity index (χ3n) is 2.09. The van der Waals surface area contributed by atoms with Gasteiger partial charge in [0.15, 0.2) is 10.9 Å². The monoisotopic (exact) mass is 211 g/mol. The van der Waals surface area contributed by atoms with Crippen LogP contribution in [0.25, 0.3) is 0 Å². The molecule has 1 aromatic rings. The third-order valence-corrected chi connectivity index (χ3v) is 2.36. The lowest BCUT2D eigenvalue weighted by Gasteiger charge is -2.04. The van der Waals surface area contributed by atoms with Gasteiger partial charge in [-0.2, -0.15) is 0 Å². The van der Waals surface area contributed by atoms with Gasteiger partial charge in [0.2, 0.25) is 0 Å². The Morgan fingerprint density at radius 3 is 2.79 bits per heavy atom. The highest BCUT2D eigenvalue weighted by atomic mass is 35.5. The van der Waals surface area contributed by atoms with Gasteiger partial charge in [0, 0.05) is 18.5 Å². The van der Waals surface area contributed by atoms with Crippen LogP contribution >= 0.6 is 11.6 Å². The van der Waals surface area contributed by atoms with Crippen molar-refractivity contribution in [3.05, 3.63) is 23.0 Å². The van der Waals surface area contributed by atoms with Crippen molar-refractivity contribution in [2.24, 2.45) is 0 Å². The van der Waals surface area contributed by atoms with Crippen LogP contribution in [0, 0.1) is 0 Å². The fourth-order valence-electron chi connectivity index (χ4n) is 1.27. The SMILES string of the molecule is CC(=O)Oc1ccc(C2CC2)nc1Cl. The van der Waals surface area contributed by atoms with Crippen LogP contribution in [0.2, 0.25) is 5.15 Å². The first kappa shape index (κ1) is 9.46. The Labute approximate surface area is 87.0 Å². The van der Waals surface area contributed by atoms with E-state index in [2.05, 4.69) is 4.98 Å². The Hall–Kier alpha value is -1.09. The summed E-state index contributed by atoms with van der Waals surface area (Å²) in [5.74, 6) is 0.510. The van der Waals surface area contributed by atoms with E-state index < -0.39 is 0 Å². The minimum absolute atomic E-state index is 0.268. The molecule has 1 aliphatic carbocycles. The summed E-state index contributed by atoms with van der Waals surface area (Å²) in [4.78, 5) is 14.9. The maximum absolute atomic E-state index is 10.7. The Morgan fingerprint density at radius 2 is 2.29 bits per heavy atom. The van der Waals surface area contributed by atoms with Crippen LogP contribution in [0.3, 0.4) is 0 Å². The standard InChI is InChI=1S/C10H10ClNO2/c1-6(13)14-9-5-4-8(7-2-3-7)12-10(9)11/h4-5,7H,2-3H2,1H3. The predicted molar refractivity (Wildman–Crippen MR) is 52.5 cm³/mol. The quantitative estimate of drug-likeness (QED) is 0.558. The van der Waals surface area contributed by atoms with Crippen LogP contribution in [-0.2, 0) is 4.79 Å². The lowest BCUT2D eigenvalue weighted by molar-refractivity contribution is -0.131. The number of ether oxygens (including phenoxy) is 1. The van der Waals surface area contributed by atoms with E-state index in [9.17, 15) is 4.79 Å². The van der Waals surface area contributed by atoms with Crippen molar-refractivity contribution in [3.8, 4) is 5.75 Å². The van der Waals surface area contributed by atoms with E-state index >= 15 is 0 Å². The minimum Gasteiger partial charge on any atom is -0.423 e. The summed E-state index contributed by atoms with van der Waals surface area (Å²) >= 11 is 5.86. The Kier molecular flexibility index (Phi) is 2.42. The molecule has 0 spiro atoms. The molecule has 0 radical (unpaired) electrons. The molecule has 0 N–H and O–H groups in total. The van der Waals surface area contributed by atoms with Gasteiger partial charge < -0.3 is 4.74 Å². The molecule has 1 aromatic heterocycles. The molecule has 1 heterocycles. The van der Waals surface area contributed by atoms with Crippen LogP contribution < -0.4 is 4.74 Å². The summed E-state index contributed by atoms with van der Waals surface area (Å²) in [7, 11) is 0. The van der Waals surface area contributed by atoms with E-state index in [1.54, 1.807) is 6.07 Å². The molecule has 0 atom stereocenters. The first-order valence-corrected chi connectivity index (χ1v) is 4.89. The van der Waals surface area contributed by atoms with Crippen molar-refractivity contribution < 1.29 is 9.53 Å². The highest BCUT2D eigenvalue weighted by molar-refractivity contribution is 6.30. The van der Waals surface area contributed by atoms with Crippen LogP contribution in [0.15, 0.2) is 12.1 Å². The van der Waals surface area contributed by atoms with Crippen molar-refractivity contribution in [2.75, 3.05) is 0 Å². The van der Waals surface area contributed by atoms with E-state index in [1.165, 1.54) is 19.8 Å². The van der Waals surface area contributed by atoms with Gasteiger partial charge >= 0.3 is 5.97 Å². The highest BCUT2D eigenvalue weighted by Crippen LogP contribution is 2.40. The summed E-state index contributed by atoms with van der Waals surface area (Å²) in [6.07, 6.45) is 2.35. The molecule has 1 aliphatic rings. The number of nitrogens with zero attached hydrogens (tertiary/aromatic N) is 1. The van der Waals surface area contributed by atoms with E-state index in [1.807, 2.05) is 6.07 Å². The maximum Gasteiger partial charge on any atom is 0.308 e. The Bertz CT molecular complexity index is 374. The van der Waals surface area contributed by atoms with E-state index in [0.717, 1.165) is 5.69 Å². The number of aromatic nitrogens is 1. The van der Waals surface area contributed by atoms with Gasteiger partial charge in [0.25, 0.3) is 0 Å². The summed E-state index contributed by atoms with van der Waals surface area (Å²) < 4.78 is 4.87. The summed E-state index contributed by atoms with van der Waals surface area (Å²) in [6.45, 7) is 1.34. The zero-order chi connectivity index (χ0) is 10.1. The van der Waals surface area contributed by atoms with Crippen molar-refractivity contribution >= 4 is 17.6 Å². The maximum atomic E-state index is 10.7. The molecule has 1 fully saturated rings. The minimum atomic E-state index is -0.382. The summed E-state index contributed by atoms with van der Waals surface area (Å²) in [5, 5.41) is 0.268. The molecule has 4 heteroatoms. The average molecular weight is 212 g/mol. The molecule has 0 aliphatic heterocycles. The molecular formula is C10H10ClNO2. The van der Waals surface area contributed by atoms with E-state index in [4.69, 9.17) is 16.3 Å². The van der Waals surface area contributed by atoms with Crippen molar-refractivity contribution in [2.45, 2.75) is 25.7 Å². The van der Waals surface area contributed by atoms with Crippen LogP contribution in [-0.4, -0.2) is 11.0 Å². The van der Waals surface area contributed by atoms with Gasteiger partial charge in [0.05, 0.1) is 0 Å². The first-order valence-electron chi connectivity index (χ1n) is 4.51. The van der Waals surface area contributed by atoms with E-state index in [0.29, 0.717) is 11.7 Å². The third kappa shape index (κ3) is 2.04. The topological polar surface area (TPSA) is 39.2 Å². The second-order valence-electron chi connectivity index (χ2n) is 3.39. The van der Waals surface area contributed by atoms with Gasteiger partial charge in [0.1, 0.15) is 0 Å². The first-order chi connectivity index (χ1) is 6.66. The molecular weight excluding hydrogens is 202 g/mol. The largest absolute Gasteiger partial charge is 0.423 e. The van der Waals surface area contributed by atoms with Gasteiger partial charge in [-0.25, -0.2) is 4.98 Å². The number of carbonyl (C=O) groups is 1. The normalized spacial score (nSPS) is 15.3. The number of esters is 1. The molecule has 3 nitrogen and oxygen atoms in total. The second-order valence-corrected chi connectivity index (χ2v) is 3.75. The molecule has 14 heavy (non-hydrogen) atoms. The lowest BCUT2D eigenvalue weighted by atomic mass is 10.2. The summed E-state index contributed by atoms with van der Waals surface area (Å²) in [6, 6.07) is 3.56. The number of carbonyl (C=O) groups excluding carboxylic acids is 1. The number of hydrogen-bond donors (Lipinski definition) is 0. The molecule has 1 saturated carbocycles. The van der Waals surface area contributed by atoms with Gasteiger partial charge in [-0.1, -0.05) is 11.6 Å². The van der Waals surface area contributed by atoms with Crippen LogP contribution in [0.5, 0.6) is 5.75 Å². The molecule has 0 bridgehead atoms. The smallest absolute Gasteiger partial charge is 0.308 e. The molecule has 0 aromatic carbocycles. The second kappa shape index (κ2) is 3.58. The fourth-order valence-corrected chi connectivity index (χ4v) is 1.47. The molecule has 0 saturated heterocycles. The summed E-state index contributed by atoms with van der Waals surface area (Å²) in [5.41, 5.74) is 0.992. The lowest BCUT2D eigenvalue weighted by Crippen LogP contribution is -2.03. The van der Waals surface area contributed by atoms with E-state index in [-0.39, 0.29) is 11.1 Å². The zero-order valence-electron chi connectivity index (χ0n) is 7.79. The fraction of sp³-hybridized carbons (Fsp3) is 0.400. The van der Waals surface area contributed by atoms with Crippen LogP contribution in [0.4, 0.5) is 0 Å². The van der Waals surface area contributed by atoms with Crippen molar-refractivity contribution in [3.63, 3.8) is 0 Å². The molecule has 0 unspecified atom stereocenters. The van der Waals surface area contributed by atoms with Crippen molar-refractivity contribution in [1.82, 2.24) is 4.98 Å². The van der Waals surface area contributed by atoms with Crippen LogP contribution in [0.1, 0.15) is 31.4 Å². The number of hydrogen-bond acceptors (Lipinski definition) is 3. The highest BCUT2D eigenvalue weighted by Gasteiger charge is 2.25. The molecule has 2 rings (SSSR count). The Balaban J connectivity index is 2.21. The Morgan fingerprint density at radius 1 is 1.57 bits per heavy atom. The number of rotatable bonds is 2. The zero-order valence-corrected chi connectivity index (χ0v) is 8.54. The van der Waals surface area contributed by atoms with Crippen molar-refractivity contribution in [1.29, 1.82) is 0 Å². The number of pyridine rings is 1. The number of halogens is 1. The average Bonchev–Trinajstić information content (AvgIpc) is 2.90. The van der Waals surface area contributed by atoms with Gasteiger partial charge in [-0.3, -0.25) is 4.79 Å².